The predicted molar refractivity (Wildman–Crippen MR) is 77.0 cm³/mol. The monoisotopic (exact) mass is 276 g/mol. The zero-order chi connectivity index (χ0) is 13.2. The van der Waals surface area contributed by atoms with Crippen molar-refractivity contribution in [3.63, 3.8) is 0 Å². The molecule has 1 aromatic carbocycles. The lowest BCUT2D eigenvalue weighted by Gasteiger charge is -2.10. The number of rotatable bonds is 4. The number of nitrogens with one attached hydrogen (secondary N) is 1. The van der Waals surface area contributed by atoms with Crippen LogP contribution >= 0.6 is 11.3 Å². The highest BCUT2D eigenvalue weighted by Gasteiger charge is 2.17. The molecule has 1 aliphatic carbocycles. The van der Waals surface area contributed by atoms with Gasteiger partial charge in [-0.1, -0.05) is 0 Å². The minimum absolute atomic E-state index is 0.788. The van der Waals surface area contributed by atoms with Crippen LogP contribution in [-0.4, -0.2) is 19.2 Å². The third-order valence-electron chi connectivity index (χ3n) is 3.24. The molecule has 100 valence electrons. The molecule has 4 nitrogen and oxygen atoms in total. The van der Waals surface area contributed by atoms with Crippen LogP contribution in [0.3, 0.4) is 0 Å². The van der Waals surface area contributed by atoms with Crippen LogP contribution < -0.4 is 14.8 Å². The van der Waals surface area contributed by atoms with Gasteiger partial charge in [0.15, 0.2) is 5.13 Å². The Morgan fingerprint density at radius 1 is 1.21 bits per heavy atom. The van der Waals surface area contributed by atoms with E-state index >= 15 is 0 Å². The first kappa shape index (κ1) is 12.3. The molecule has 0 atom stereocenters. The predicted octanol–water partition coefficient (Wildman–Crippen LogP) is 3.39. The first-order chi connectivity index (χ1) is 9.30. The highest BCUT2D eigenvalue weighted by atomic mass is 32.1. The third kappa shape index (κ3) is 2.38. The van der Waals surface area contributed by atoms with E-state index in [4.69, 9.17) is 9.47 Å². The molecule has 1 aliphatic rings. The highest BCUT2D eigenvalue weighted by molar-refractivity contribution is 7.15. The van der Waals surface area contributed by atoms with E-state index in [1.54, 1.807) is 25.6 Å². The van der Waals surface area contributed by atoms with Gasteiger partial charge in [-0.25, -0.2) is 4.98 Å². The van der Waals surface area contributed by atoms with Gasteiger partial charge in [-0.3, -0.25) is 0 Å². The van der Waals surface area contributed by atoms with Crippen LogP contribution in [0.1, 0.15) is 17.0 Å². The van der Waals surface area contributed by atoms with Crippen molar-refractivity contribution in [3.05, 3.63) is 28.8 Å². The van der Waals surface area contributed by atoms with Crippen LogP contribution in [-0.2, 0) is 12.8 Å². The van der Waals surface area contributed by atoms with Gasteiger partial charge in [0, 0.05) is 10.9 Å². The van der Waals surface area contributed by atoms with E-state index in [0.29, 0.717) is 0 Å². The zero-order valence-electron chi connectivity index (χ0n) is 11.0. The van der Waals surface area contributed by atoms with Gasteiger partial charge in [0.1, 0.15) is 11.5 Å². The van der Waals surface area contributed by atoms with Crippen LogP contribution in [0, 0.1) is 0 Å². The highest BCUT2D eigenvalue weighted by Crippen LogP contribution is 2.36. The summed E-state index contributed by atoms with van der Waals surface area (Å²) in [7, 11) is 3.32. The molecular formula is C14H16N2O2S. The number of thiazole rings is 1. The molecule has 0 saturated carbocycles. The number of aryl methyl sites for hydroxylation is 2. The molecule has 3 rings (SSSR count). The maximum absolute atomic E-state index is 5.35. The standard InChI is InChI=1S/C14H16N2O2S/c1-17-9-6-7-12(18-2)11(8-9)16-14-15-10-4-3-5-13(10)19-14/h6-8H,3-5H2,1-2H3,(H,15,16). The van der Waals surface area contributed by atoms with Gasteiger partial charge in [-0.15, -0.1) is 11.3 Å². The fourth-order valence-electron chi connectivity index (χ4n) is 2.27. The van der Waals surface area contributed by atoms with Crippen molar-refractivity contribution in [2.75, 3.05) is 19.5 Å². The summed E-state index contributed by atoms with van der Waals surface area (Å²) in [6, 6.07) is 5.69. The Morgan fingerprint density at radius 3 is 2.84 bits per heavy atom. The molecule has 0 spiro atoms. The fourth-order valence-corrected chi connectivity index (χ4v) is 3.33. The smallest absolute Gasteiger partial charge is 0.187 e. The van der Waals surface area contributed by atoms with Gasteiger partial charge in [0.25, 0.3) is 0 Å². The molecule has 19 heavy (non-hydrogen) atoms. The number of hydrogen-bond acceptors (Lipinski definition) is 5. The van der Waals surface area contributed by atoms with E-state index in [2.05, 4.69) is 10.3 Å². The van der Waals surface area contributed by atoms with Crippen molar-refractivity contribution in [2.45, 2.75) is 19.3 Å². The van der Waals surface area contributed by atoms with E-state index < -0.39 is 0 Å². The molecule has 1 aromatic heterocycles. The maximum atomic E-state index is 5.35. The van der Waals surface area contributed by atoms with Gasteiger partial charge in [0.05, 0.1) is 25.6 Å². The summed E-state index contributed by atoms with van der Waals surface area (Å²) in [5, 5.41) is 4.26. The number of ether oxygens (including phenoxy) is 2. The van der Waals surface area contributed by atoms with Gasteiger partial charge in [0.2, 0.25) is 0 Å². The molecular weight excluding hydrogens is 260 g/mol. The lowest BCUT2D eigenvalue weighted by molar-refractivity contribution is 0.405. The van der Waals surface area contributed by atoms with E-state index in [9.17, 15) is 0 Å². The molecule has 0 bridgehead atoms. The van der Waals surface area contributed by atoms with Crippen molar-refractivity contribution >= 4 is 22.2 Å². The zero-order valence-corrected chi connectivity index (χ0v) is 11.8. The topological polar surface area (TPSA) is 43.4 Å². The molecule has 1 N–H and O–H groups in total. The van der Waals surface area contributed by atoms with Crippen molar-refractivity contribution < 1.29 is 9.47 Å². The third-order valence-corrected chi connectivity index (χ3v) is 4.32. The molecule has 0 saturated heterocycles. The number of aromatic nitrogens is 1. The number of fused-ring (bicyclic) bond motifs is 1. The van der Waals surface area contributed by atoms with Crippen molar-refractivity contribution in [2.24, 2.45) is 0 Å². The fraction of sp³-hybridized carbons (Fsp3) is 0.357. The molecule has 5 heteroatoms. The average molecular weight is 276 g/mol. The first-order valence-corrected chi connectivity index (χ1v) is 7.09. The lowest BCUT2D eigenvalue weighted by Crippen LogP contribution is -1.95. The second kappa shape index (κ2) is 5.09. The Kier molecular flexibility index (Phi) is 3.29. The van der Waals surface area contributed by atoms with Crippen LogP contribution in [0.25, 0.3) is 0 Å². The first-order valence-electron chi connectivity index (χ1n) is 6.28. The van der Waals surface area contributed by atoms with E-state index in [-0.39, 0.29) is 0 Å². The normalized spacial score (nSPS) is 13.2. The number of methoxy groups -OCH3 is 2. The molecule has 1 heterocycles. The summed E-state index contributed by atoms with van der Waals surface area (Å²) in [6.07, 6.45) is 3.49. The van der Waals surface area contributed by atoms with Crippen LogP contribution in [0.4, 0.5) is 10.8 Å². The van der Waals surface area contributed by atoms with Crippen molar-refractivity contribution in [3.8, 4) is 11.5 Å². The molecule has 0 radical (unpaired) electrons. The summed E-state index contributed by atoms with van der Waals surface area (Å²) < 4.78 is 10.6. The van der Waals surface area contributed by atoms with Crippen molar-refractivity contribution in [1.29, 1.82) is 0 Å². The quantitative estimate of drug-likeness (QED) is 0.929. The number of anilines is 2. The van der Waals surface area contributed by atoms with Crippen LogP contribution in [0.15, 0.2) is 18.2 Å². The Labute approximate surface area is 116 Å². The Morgan fingerprint density at radius 2 is 2.11 bits per heavy atom. The van der Waals surface area contributed by atoms with Gasteiger partial charge >= 0.3 is 0 Å². The molecule has 0 aliphatic heterocycles. The summed E-state index contributed by atoms with van der Waals surface area (Å²) in [4.78, 5) is 6.03. The number of benzene rings is 1. The molecule has 0 unspecified atom stereocenters. The maximum Gasteiger partial charge on any atom is 0.187 e. The molecule has 0 amide bonds. The molecule has 2 aromatic rings. The number of nitrogens with zero attached hydrogens (tertiary/aromatic N) is 1. The lowest BCUT2D eigenvalue weighted by atomic mass is 10.2. The average Bonchev–Trinajstić information content (AvgIpc) is 2.99. The van der Waals surface area contributed by atoms with Gasteiger partial charge in [-0.05, 0) is 31.4 Å². The Balaban J connectivity index is 1.88. The van der Waals surface area contributed by atoms with E-state index in [1.807, 2.05) is 18.2 Å². The van der Waals surface area contributed by atoms with E-state index in [1.165, 1.54) is 17.0 Å². The SMILES string of the molecule is COc1ccc(OC)c(Nc2nc3c(s2)CCC3)c1. The summed E-state index contributed by atoms with van der Waals surface area (Å²) in [5.74, 6) is 1.59. The second-order valence-electron chi connectivity index (χ2n) is 4.43. The molecule has 0 fully saturated rings. The number of hydrogen-bond donors (Lipinski definition) is 1. The Hall–Kier alpha value is -1.75. The van der Waals surface area contributed by atoms with Crippen LogP contribution in [0.5, 0.6) is 11.5 Å². The summed E-state index contributed by atoms with van der Waals surface area (Å²) in [6.45, 7) is 0. The Bertz CT molecular complexity index is 574. The van der Waals surface area contributed by atoms with Crippen molar-refractivity contribution in [1.82, 2.24) is 4.98 Å². The minimum atomic E-state index is 0.788. The largest absolute Gasteiger partial charge is 0.497 e. The summed E-state index contributed by atoms with van der Waals surface area (Å²) >= 11 is 1.73. The van der Waals surface area contributed by atoms with E-state index in [0.717, 1.165) is 35.2 Å². The van der Waals surface area contributed by atoms with Gasteiger partial charge < -0.3 is 14.8 Å². The van der Waals surface area contributed by atoms with Crippen LogP contribution in [0.2, 0.25) is 0 Å². The summed E-state index contributed by atoms with van der Waals surface area (Å²) in [5.41, 5.74) is 2.13. The van der Waals surface area contributed by atoms with Gasteiger partial charge in [-0.2, -0.15) is 0 Å². The minimum Gasteiger partial charge on any atom is -0.497 e. The second-order valence-corrected chi connectivity index (χ2v) is 5.52.